The van der Waals surface area contributed by atoms with Crippen LogP contribution in [-0.2, 0) is 9.47 Å². The number of hydrogen-bond acceptors (Lipinski definition) is 3. The Kier molecular flexibility index (Phi) is 4.09. The average Bonchev–Trinajstić information content (AvgIpc) is 2.06. The number of rotatable bonds is 2. The second-order valence-electron chi connectivity index (χ2n) is 2.69. The van der Waals surface area contributed by atoms with Gasteiger partial charge in [0.05, 0.1) is 6.10 Å². The van der Waals surface area contributed by atoms with E-state index in [4.69, 9.17) is 14.6 Å². The Morgan fingerprint density at radius 2 is 2.17 bits per heavy atom. The molecule has 1 unspecified atom stereocenters. The predicted octanol–water partition coefficient (Wildman–Crippen LogP) is 0.524. The van der Waals surface area contributed by atoms with E-state index in [-0.39, 0.29) is 6.10 Å². The monoisotopic (exact) mass is 170 g/mol. The van der Waals surface area contributed by atoms with Crippen molar-refractivity contribution in [1.29, 1.82) is 0 Å². The van der Waals surface area contributed by atoms with Crippen molar-refractivity contribution in [2.75, 3.05) is 13.2 Å². The Hall–Kier alpha value is -0.560. The highest BCUT2D eigenvalue weighted by atomic mass is 16.6. The van der Waals surface area contributed by atoms with E-state index in [1.165, 1.54) is 0 Å². The number of aliphatic hydroxyl groups excluding tert-OH is 1. The standard InChI is InChI=1S/C9H14O3/c1-2-3-9(10)12-8-4-6-11-7-5-8/h8-10H,4-7H2,1H3. The average molecular weight is 170 g/mol. The Morgan fingerprint density at radius 3 is 2.75 bits per heavy atom. The van der Waals surface area contributed by atoms with E-state index < -0.39 is 6.29 Å². The molecule has 3 heteroatoms. The molecule has 0 aliphatic carbocycles. The number of aliphatic hydroxyl groups is 1. The van der Waals surface area contributed by atoms with Crippen LogP contribution in [0.3, 0.4) is 0 Å². The lowest BCUT2D eigenvalue weighted by atomic mass is 10.1. The third kappa shape index (κ3) is 3.22. The third-order valence-corrected chi connectivity index (χ3v) is 1.76. The lowest BCUT2D eigenvalue weighted by Gasteiger charge is -2.23. The normalized spacial score (nSPS) is 21.2. The molecule has 0 aromatic heterocycles. The van der Waals surface area contributed by atoms with Gasteiger partial charge in [-0.2, -0.15) is 0 Å². The molecule has 1 aliphatic rings. The molecule has 0 radical (unpaired) electrons. The quantitative estimate of drug-likeness (QED) is 0.485. The van der Waals surface area contributed by atoms with Gasteiger partial charge in [-0.05, 0) is 25.7 Å². The van der Waals surface area contributed by atoms with Crippen LogP contribution in [0.5, 0.6) is 0 Å². The fraction of sp³-hybridized carbons (Fsp3) is 0.778. The zero-order chi connectivity index (χ0) is 8.81. The Labute approximate surface area is 72.7 Å². The van der Waals surface area contributed by atoms with Gasteiger partial charge in [0.25, 0.3) is 0 Å². The molecule has 68 valence electrons. The molecular weight excluding hydrogens is 156 g/mol. The lowest BCUT2D eigenvalue weighted by Crippen LogP contribution is -2.27. The Balaban J connectivity index is 2.22. The largest absolute Gasteiger partial charge is 0.381 e. The van der Waals surface area contributed by atoms with E-state index in [2.05, 4.69) is 11.8 Å². The van der Waals surface area contributed by atoms with Crippen LogP contribution >= 0.6 is 0 Å². The van der Waals surface area contributed by atoms with Crippen molar-refractivity contribution in [1.82, 2.24) is 0 Å². The molecule has 0 spiro atoms. The molecule has 1 saturated heterocycles. The minimum atomic E-state index is -0.932. The molecule has 0 amide bonds. The van der Waals surface area contributed by atoms with Crippen LogP contribution in [0.4, 0.5) is 0 Å². The van der Waals surface area contributed by atoms with E-state index in [0.29, 0.717) is 0 Å². The highest BCUT2D eigenvalue weighted by Crippen LogP contribution is 2.11. The second-order valence-corrected chi connectivity index (χ2v) is 2.69. The minimum Gasteiger partial charge on any atom is -0.381 e. The summed E-state index contributed by atoms with van der Waals surface area (Å²) in [5, 5.41) is 9.16. The summed E-state index contributed by atoms with van der Waals surface area (Å²) in [6.07, 6.45) is 0.873. The van der Waals surface area contributed by atoms with Gasteiger partial charge in [-0.15, -0.1) is 5.92 Å². The lowest BCUT2D eigenvalue weighted by molar-refractivity contribution is -0.126. The fourth-order valence-electron chi connectivity index (χ4n) is 1.15. The molecule has 1 rings (SSSR count). The summed E-state index contributed by atoms with van der Waals surface area (Å²) in [6.45, 7) is 3.12. The second kappa shape index (κ2) is 5.15. The maximum absolute atomic E-state index is 9.16. The number of hydrogen-bond donors (Lipinski definition) is 1. The van der Waals surface area contributed by atoms with Gasteiger partial charge in [-0.25, -0.2) is 0 Å². The fourth-order valence-corrected chi connectivity index (χ4v) is 1.15. The summed E-state index contributed by atoms with van der Waals surface area (Å²) >= 11 is 0. The van der Waals surface area contributed by atoms with E-state index in [0.717, 1.165) is 26.1 Å². The summed E-state index contributed by atoms with van der Waals surface area (Å²) in [6, 6.07) is 0. The Bertz CT molecular complexity index is 174. The summed E-state index contributed by atoms with van der Waals surface area (Å²) < 4.78 is 10.4. The molecule has 1 N–H and O–H groups in total. The van der Waals surface area contributed by atoms with Crippen LogP contribution in [0.15, 0.2) is 0 Å². The molecule has 0 aromatic carbocycles. The van der Waals surface area contributed by atoms with Crippen molar-refractivity contribution in [3.05, 3.63) is 0 Å². The predicted molar refractivity (Wildman–Crippen MR) is 44.4 cm³/mol. The molecule has 1 aliphatic heterocycles. The van der Waals surface area contributed by atoms with E-state index in [1.807, 2.05) is 0 Å². The van der Waals surface area contributed by atoms with Crippen molar-refractivity contribution in [2.24, 2.45) is 0 Å². The van der Waals surface area contributed by atoms with Crippen LogP contribution in [0.25, 0.3) is 0 Å². The van der Waals surface area contributed by atoms with Gasteiger partial charge in [0.2, 0.25) is 6.29 Å². The van der Waals surface area contributed by atoms with Crippen molar-refractivity contribution < 1.29 is 14.6 Å². The highest BCUT2D eigenvalue weighted by Gasteiger charge is 2.16. The maximum Gasteiger partial charge on any atom is 0.220 e. The molecule has 0 saturated carbocycles. The third-order valence-electron chi connectivity index (χ3n) is 1.76. The van der Waals surface area contributed by atoms with Gasteiger partial charge in [0.15, 0.2) is 0 Å². The van der Waals surface area contributed by atoms with Crippen LogP contribution < -0.4 is 0 Å². The molecule has 0 aromatic rings. The Morgan fingerprint density at radius 1 is 1.50 bits per heavy atom. The van der Waals surface area contributed by atoms with Gasteiger partial charge < -0.3 is 14.6 Å². The first-order valence-corrected chi connectivity index (χ1v) is 4.16. The van der Waals surface area contributed by atoms with Crippen LogP contribution in [0.2, 0.25) is 0 Å². The topological polar surface area (TPSA) is 38.7 Å². The summed E-state index contributed by atoms with van der Waals surface area (Å²) in [4.78, 5) is 0. The zero-order valence-corrected chi connectivity index (χ0v) is 7.25. The molecule has 1 heterocycles. The van der Waals surface area contributed by atoms with Gasteiger partial charge in [-0.1, -0.05) is 0 Å². The molecular formula is C9H14O3. The van der Waals surface area contributed by atoms with Crippen LogP contribution in [0, 0.1) is 11.8 Å². The van der Waals surface area contributed by atoms with Gasteiger partial charge in [0, 0.05) is 13.2 Å². The first kappa shape index (κ1) is 9.53. The molecule has 12 heavy (non-hydrogen) atoms. The first-order chi connectivity index (χ1) is 5.83. The maximum atomic E-state index is 9.16. The smallest absolute Gasteiger partial charge is 0.220 e. The zero-order valence-electron chi connectivity index (χ0n) is 7.25. The molecule has 1 atom stereocenters. The van der Waals surface area contributed by atoms with Gasteiger partial charge >= 0.3 is 0 Å². The summed E-state index contributed by atoms with van der Waals surface area (Å²) in [5.74, 6) is 5.14. The van der Waals surface area contributed by atoms with E-state index >= 15 is 0 Å². The van der Waals surface area contributed by atoms with Crippen molar-refractivity contribution in [3.63, 3.8) is 0 Å². The number of ether oxygens (including phenoxy) is 2. The van der Waals surface area contributed by atoms with E-state index in [9.17, 15) is 0 Å². The highest BCUT2D eigenvalue weighted by molar-refractivity contribution is 4.98. The van der Waals surface area contributed by atoms with E-state index in [1.54, 1.807) is 6.92 Å². The van der Waals surface area contributed by atoms with Gasteiger partial charge in [-0.3, -0.25) is 0 Å². The first-order valence-electron chi connectivity index (χ1n) is 4.16. The van der Waals surface area contributed by atoms with Crippen molar-refractivity contribution >= 4 is 0 Å². The summed E-state index contributed by atoms with van der Waals surface area (Å²) in [5.41, 5.74) is 0. The van der Waals surface area contributed by atoms with Crippen LogP contribution in [-0.4, -0.2) is 30.7 Å². The minimum absolute atomic E-state index is 0.106. The molecule has 0 bridgehead atoms. The van der Waals surface area contributed by atoms with Crippen molar-refractivity contribution in [3.8, 4) is 11.8 Å². The van der Waals surface area contributed by atoms with Gasteiger partial charge in [0.1, 0.15) is 0 Å². The summed E-state index contributed by atoms with van der Waals surface area (Å²) in [7, 11) is 0. The van der Waals surface area contributed by atoms with Crippen molar-refractivity contribution in [2.45, 2.75) is 32.2 Å². The molecule has 1 fully saturated rings. The van der Waals surface area contributed by atoms with Crippen LogP contribution in [0.1, 0.15) is 19.8 Å². The SMILES string of the molecule is CC#CC(O)OC1CCOCC1. The molecule has 3 nitrogen and oxygen atoms in total.